The van der Waals surface area contributed by atoms with Gasteiger partial charge in [-0.05, 0) is 61.8 Å². The molecule has 2 amide bonds. The topological polar surface area (TPSA) is 175 Å². The molecule has 0 saturated heterocycles. The highest BCUT2D eigenvalue weighted by atomic mass is 16.5. The summed E-state index contributed by atoms with van der Waals surface area (Å²) < 4.78 is 9.25. The summed E-state index contributed by atoms with van der Waals surface area (Å²) in [5.74, 6) is 1.01. The van der Waals surface area contributed by atoms with Crippen LogP contribution in [0, 0.1) is 11.8 Å². The third-order valence-electron chi connectivity index (χ3n) is 9.84. The van der Waals surface area contributed by atoms with Gasteiger partial charge in [-0.15, -0.1) is 0 Å². The van der Waals surface area contributed by atoms with E-state index in [1.54, 1.807) is 50.4 Å². The molecule has 262 valence electrons. The number of hydrogen-bond donors (Lipinski definition) is 5. The van der Waals surface area contributed by atoms with Crippen molar-refractivity contribution in [3.8, 4) is 34.0 Å². The number of imidazole rings is 2. The van der Waals surface area contributed by atoms with Crippen molar-refractivity contribution < 1.29 is 19.4 Å². The van der Waals surface area contributed by atoms with E-state index in [0.29, 0.717) is 22.7 Å². The zero-order valence-electron chi connectivity index (χ0n) is 28.8. The van der Waals surface area contributed by atoms with Crippen molar-refractivity contribution in [3.05, 3.63) is 61.4 Å². The molecule has 4 aromatic rings. The first-order valence-corrected chi connectivity index (χ1v) is 17.2. The van der Waals surface area contributed by atoms with Crippen molar-refractivity contribution in [2.75, 3.05) is 17.7 Å². The molecule has 2 aliphatic carbocycles. The molecule has 2 atom stereocenters. The number of benzene rings is 2. The predicted molar refractivity (Wildman–Crippen MR) is 192 cm³/mol. The number of aryl methyl sites for hydroxylation is 2. The maximum absolute atomic E-state index is 12.5. The van der Waals surface area contributed by atoms with Gasteiger partial charge in [0.15, 0.2) is 0 Å². The fourth-order valence-electron chi connectivity index (χ4n) is 6.91. The number of carbonyl (C=O) groups is 2. The van der Waals surface area contributed by atoms with E-state index in [1.165, 1.54) is 25.7 Å². The highest BCUT2D eigenvalue weighted by molar-refractivity contribution is 5.96. The zero-order valence-corrected chi connectivity index (χ0v) is 28.8. The molecule has 2 aromatic heterocycles. The Bertz CT molecular complexity index is 1700. The lowest BCUT2D eigenvalue weighted by Crippen LogP contribution is -2.42. The molecule has 2 fully saturated rings. The number of phenols is 1. The van der Waals surface area contributed by atoms with Gasteiger partial charge in [0.05, 0.1) is 55.6 Å². The summed E-state index contributed by atoms with van der Waals surface area (Å²) in [4.78, 5) is 33.0. The lowest BCUT2D eigenvalue weighted by molar-refractivity contribution is -0.119. The summed E-state index contributed by atoms with van der Waals surface area (Å²) in [6.07, 6.45) is 18.1. The van der Waals surface area contributed by atoms with E-state index in [9.17, 15) is 14.7 Å². The predicted octanol–water partition coefficient (Wildman–Crippen LogP) is 5.58. The van der Waals surface area contributed by atoms with Crippen LogP contribution in [0.25, 0.3) is 22.5 Å². The minimum Gasteiger partial charge on any atom is -0.507 e. The van der Waals surface area contributed by atoms with E-state index in [4.69, 9.17) is 16.2 Å². The molecule has 6 rings (SSSR count). The van der Waals surface area contributed by atoms with Crippen LogP contribution in [0.3, 0.4) is 0 Å². The number of hydrogen-bond acceptors (Lipinski definition) is 8. The molecular weight excluding hydrogens is 620 g/mol. The molecule has 12 nitrogen and oxygen atoms in total. The van der Waals surface area contributed by atoms with E-state index in [2.05, 4.69) is 20.6 Å². The number of anilines is 2. The molecule has 0 spiro atoms. The Kier molecular flexibility index (Phi) is 12.1. The van der Waals surface area contributed by atoms with Crippen LogP contribution in [0.5, 0.6) is 11.5 Å². The number of nitrogens with two attached hydrogens (primary N) is 2. The van der Waals surface area contributed by atoms with Gasteiger partial charge < -0.3 is 41.1 Å². The third-order valence-corrected chi connectivity index (χ3v) is 9.84. The number of amides is 2. The summed E-state index contributed by atoms with van der Waals surface area (Å²) in [5.41, 5.74) is 16.9. The lowest BCUT2D eigenvalue weighted by Gasteiger charge is -2.26. The molecule has 2 aromatic carbocycles. The Balaban J connectivity index is 0.000000191. The summed E-state index contributed by atoms with van der Waals surface area (Å²) in [5, 5.41) is 16.0. The van der Waals surface area contributed by atoms with Crippen LogP contribution < -0.4 is 26.8 Å². The second-order valence-electron chi connectivity index (χ2n) is 13.3. The van der Waals surface area contributed by atoms with Gasteiger partial charge in [-0.3, -0.25) is 9.59 Å². The molecule has 2 heterocycles. The van der Waals surface area contributed by atoms with Crippen molar-refractivity contribution in [2.24, 2.45) is 37.4 Å². The first kappa shape index (κ1) is 35.6. The lowest BCUT2D eigenvalue weighted by atomic mass is 9.84. The van der Waals surface area contributed by atoms with Crippen molar-refractivity contribution in [2.45, 2.75) is 76.3 Å². The molecule has 7 N–H and O–H groups in total. The van der Waals surface area contributed by atoms with E-state index in [1.807, 2.05) is 41.4 Å². The molecule has 12 heteroatoms. The van der Waals surface area contributed by atoms with Crippen LogP contribution in [0.15, 0.2) is 61.4 Å². The van der Waals surface area contributed by atoms with Crippen LogP contribution in [0.1, 0.15) is 64.2 Å². The standard InChI is InChI=1S/C19H26N4O2.C18H24N4O2/c1-23-12-21-11-16(23)15-9-8-14(10-17(15)25-2)22-19(24)18(20)13-6-4-3-5-7-13;1-22-11-20-10-15(22)14-8-7-13(9-16(14)23)21-18(24)17(19)12-5-3-2-4-6-12/h8-13,18H,3-7,20H2,1-2H3,(H,22,24);7-12,17,23H,2-6,19H2,1H3,(H,21,24)/t18-;17-/m00/s1. The molecular formula is C37H50N8O4. The average molecular weight is 671 g/mol. The van der Waals surface area contributed by atoms with Crippen molar-refractivity contribution in [1.82, 2.24) is 19.1 Å². The minimum absolute atomic E-state index is 0.0997. The Morgan fingerprint density at radius 2 is 1.20 bits per heavy atom. The number of aromatic hydroxyl groups is 1. The second-order valence-corrected chi connectivity index (χ2v) is 13.3. The number of nitrogens with zero attached hydrogens (tertiary/aromatic N) is 4. The van der Waals surface area contributed by atoms with E-state index < -0.39 is 12.1 Å². The van der Waals surface area contributed by atoms with E-state index in [0.717, 1.165) is 55.5 Å². The Morgan fingerprint density at radius 1 is 0.755 bits per heavy atom. The Labute approximate surface area is 288 Å². The van der Waals surface area contributed by atoms with Gasteiger partial charge in [-0.1, -0.05) is 38.5 Å². The van der Waals surface area contributed by atoms with Crippen LogP contribution in [0.2, 0.25) is 0 Å². The van der Waals surface area contributed by atoms with Crippen molar-refractivity contribution in [1.29, 1.82) is 0 Å². The van der Waals surface area contributed by atoms with Crippen LogP contribution >= 0.6 is 0 Å². The fourth-order valence-corrected chi connectivity index (χ4v) is 6.91. The number of phenolic OH excluding ortho intramolecular Hbond substituents is 1. The highest BCUT2D eigenvalue weighted by Gasteiger charge is 2.27. The summed E-state index contributed by atoms with van der Waals surface area (Å²) in [6.45, 7) is 0. The number of rotatable bonds is 9. The second kappa shape index (κ2) is 16.6. The maximum Gasteiger partial charge on any atom is 0.241 e. The quantitative estimate of drug-likeness (QED) is 0.153. The summed E-state index contributed by atoms with van der Waals surface area (Å²) >= 11 is 0. The number of carbonyl (C=O) groups excluding carboxylic acids is 2. The first-order valence-electron chi connectivity index (χ1n) is 17.2. The highest BCUT2D eigenvalue weighted by Crippen LogP contribution is 2.34. The monoisotopic (exact) mass is 670 g/mol. The molecule has 0 bridgehead atoms. The van der Waals surface area contributed by atoms with Crippen LogP contribution in [-0.2, 0) is 23.7 Å². The molecule has 2 aliphatic rings. The maximum atomic E-state index is 12.5. The fraction of sp³-hybridized carbons (Fsp3) is 0.459. The molecule has 0 aliphatic heterocycles. The average Bonchev–Trinajstić information content (AvgIpc) is 3.75. The summed E-state index contributed by atoms with van der Waals surface area (Å²) in [7, 11) is 5.41. The van der Waals surface area contributed by atoms with Crippen molar-refractivity contribution in [3.63, 3.8) is 0 Å². The van der Waals surface area contributed by atoms with Crippen LogP contribution in [0.4, 0.5) is 11.4 Å². The van der Waals surface area contributed by atoms with Gasteiger partial charge in [-0.2, -0.15) is 0 Å². The van der Waals surface area contributed by atoms with Gasteiger partial charge in [0.1, 0.15) is 11.5 Å². The zero-order chi connectivity index (χ0) is 34.9. The summed E-state index contributed by atoms with van der Waals surface area (Å²) in [6, 6.07) is 9.77. The smallest absolute Gasteiger partial charge is 0.241 e. The van der Waals surface area contributed by atoms with E-state index in [-0.39, 0.29) is 29.4 Å². The van der Waals surface area contributed by atoms with Gasteiger partial charge in [-0.25, -0.2) is 9.97 Å². The molecule has 2 saturated carbocycles. The molecule has 0 unspecified atom stereocenters. The number of methoxy groups -OCH3 is 1. The van der Waals surface area contributed by atoms with Gasteiger partial charge >= 0.3 is 0 Å². The number of aromatic nitrogens is 4. The van der Waals surface area contributed by atoms with Crippen LogP contribution in [-0.4, -0.2) is 55.2 Å². The number of nitrogens with one attached hydrogen (secondary N) is 2. The number of ether oxygens (including phenoxy) is 1. The SMILES string of the molecule is COc1cc(NC(=O)[C@@H](N)C2CCCCC2)ccc1-c1cncn1C.Cn1cncc1-c1ccc(NC(=O)[C@@H](N)C2CCCCC2)cc1O. The van der Waals surface area contributed by atoms with Gasteiger partial charge in [0.25, 0.3) is 0 Å². The van der Waals surface area contributed by atoms with Gasteiger partial charge in [0.2, 0.25) is 11.8 Å². The minimum atomic E-state index is -0.496. The largest absolute Gasteiger partial charge is 0.507 e. The normalized spacial score (nSPS) is 16.6. The van der Waals surface area contributed by atoms with E-state index >= 15 is 0 Å². The molecule has 49 heavy (non-hydrogen) atoms. The Hall–Kier alpha value is -4.68. The third kappa shape index (κ3) is 8.87. The Morgan fingerprint density at radius 3 is 1.63 bits per heavy atom. The van der Waals surface area contributed by atoms with Crippen molar-refractivity contribution >= 4 is 23.2 Å². The first-order chi connectivity index (χ1) is 23.7. The van der Waals surface area contributed by atoms with Gasteiger partial charge in [0, 0.05) is 48.7 Å². The molecule has 0 radical (unpaired) electrons.